The van der Waals surface area contributed by atoms with Gasteiger partial charge in [-0.05, 0) is 53.1 Å². The zero-order valence-corrected chi connectivity index (χ0v) is 17.0. The summed E-state index contributed by atoms with van der Waals surface area (Å²) in [7, 11) is -3.34. The first-order valence-electron chi connectivity index (χ1n) is 9.94. The molecule has 2 atom stereocenters. The minimum Gasteiger partial charge on any atom is -0.224 e. The minimum absolute atomic E-state index is 0.0844. The van der Waals surface area contributed by atoms with Crippen LogP contribution in [0.1, 0.15) is 46.6 Å². The van der Waals surface area contributed by atoms with E-state index in [1.807, 2.05) is 19.1 Å². The lowest BCUT2D eigenvalue weighted by Gasteiger charge is -2.49. The third-order valence-corrected chi connectivity index (χ3v) is 8.57. The molecule has 3 aromatic carbocycles. The number of hydrogen-bond acceptors (Lipinski definition) is 2. The lowest BCUT2D eigenvalue weighted by Crippen LogP contribution is -2.41. The molecule has 0 saturated heterocycles. The van der Waals surface area contributed by atoms with Gasteiger partial charge in [-0.25, -0.2) is 8.42 Å². The molecule has 0 aliphatic heterocycles. The van der Waals surface area contributed by atoms with Crippen LogP contribution in [0.5, 0.6) is 0 Å². The molecule has 0 spiro atoms. The molecule has 0 N–H and O–H groups in total. The van der Waals surface area contributed by atoms with Crippen molar-refractivity contribution >= 4 is 9.84 Å². The normalized spacial score (nSPS) is 25.2. The fourth-order valence-corrected chi connectivity index (χ4v) is 7.16. The van der Waals surface area contributed by atoms with Gasteiger partial charge in [0.25, 0.3) is 0 Å². The molecule has 3 heteroatoms. The maximum atomic E-state index is 13.3. The molecular formula is C25H24O2S. The van der Waals surface area contributed by atoms with Gasteiger partial charge >= 0.3 is 0 Å². The van der Waals surface area contributed by atoms with Crippen LogP contribution in [0.15, 0.2) is 77.7 Å². The maximum absolute atomic E-state index is 13.3. The Morgan fingerprint density at radius 1 is 0.714 bits per heavy atom. The van der Waals surface area contributed by atoms with Crippen molar-refractivity contribution in [3.8, 4) is 0 Å². The van der Waals surface area contributed by atoms with Crippen molar-refractivity contribution < 1.29 is 8.42 Å². The van der Waals surface area contributed by atoms with Crippen molar-refractivity contribution in [2.75, 3.05) is 5.75 Å². The summed E-state index contributed by atoms with van der Waals surface area (Å²) in [5, 5.41) is 0. The highest BCUT2D eigenvalue weighted by molar-refractivity contribution is 7.91. The Kier molecular flexibility index (Phi) is 3.99. The highest BCUT2D eigenvalue weighted by Gasteiger charge is 2.48. The van der Waals surface area contributed by atoms with Gasteiger partial charge in [0.2, 0.25) is 0 Å². The van der Waals surface area contributed by atoms with E-state index in [0.717, 1.165) is 5.56 Å². The molecule has 2 nitrogen and oxygen atoms in total. The smallest absolute Gasteiger partial charge is 0.178 e. The fourth-order valence-electron chi connectivity index (χ4n) is 5.41. The molecule has 0 aromatic heterocycles. The molecule has 28 heavy (non-hydrogen) atoms. The van der Waals surface area contributed by atoms with E-state index in [2.05, 4.69) is 55.5 Å². The number of fused-ring (bicyclic) bond motifs is 1. The lowest BCUT2D eigenvalue weighted by atomic mass is 9.55. The Labute approximate surface area is 167 Å². The van der Waals surface area contributed by atoms with Crippen molar-refractivity contribution in [2.24, 2.45) is 11.8 Å². The SMILES string of the molecule is Cc1ccc(S(=O)(=O)CC2C3c4ccccc4C(c4ccccc43)C2C)cc1. The quantitative estimate of drug-likeness (QED) is 0.609. The minimum atomic E-state index is -3.34. The van der Waals surface area contributed by atoms with E-state index in [-0.39, 0.29) is 29.4 Å². The van der Waals surface area contributed by atoms with Gasteiger partial charge in [-0.1, -0.05) is 73.2 Å². The molecule has 0 heterocycles. The van der Waals surface area contributed by atoms with Gasteiger partial charge in [0.15, 0.2) is 9.84 Å². The van der Waals surface area contributed by atoms with E-state index < -0.39 is 9.84 Å². The van der Waals surface area contributed by atoms with Gasteiger partial charge in [-0.15, -0.1) is 0 Å². The number of aryl methyl sites for hydroxylation is 1. The summed E-state index contributed by atoms with van der Waals surface area (Å²) >= 11 is 0. The van der Waals surface area contributed by atoms with Gasteiger partial charge in [0.05, 0.1) is 10.6 Å². The molecule has 0 fully saturated rings. The monoisotopic (exact) mass is 388 g/mol. The second kappa shape index (κ2) is 6.31. The first-order chi connectivity index (χ1) is 13.5. The summed E-state index contributed by atoms with van der Waals surface area (Å²) < 4.78 is 26.5. The Balaban J connectivity index is 1.61. The second-order valence-corrected chi connectivity index (χ2v) is 10.4. The molecule has 0 saturated carbocycles. The zero-order chi connectivity index (χ0) is 19.5. The van der Waals surface area contributed by atoms with Crippen LogP contribution in [0.25, 0.3) is 0 Å². The number of sulfone groups is 1. The Hall–Kier alpha value is -2.39. The predicted octanol–water partition coefficient (Wildman–Crippen LogP) is 5.31. The van der Waals surface area contributed by atoms with Crippen LogP contribution >= 0.6 is 0 Å². The molecular weight excluding hydrogens is 364 g/mol. The van der Waals surface area contributed by atoms with Gasteiger partial charge in [0.1, 0.15) is 0 Å². The summed E-state index contributed by atoms with van der Waals surface area (Å²) in [6.07, 6.45) is 0. The van der Waals surface area contributed by atoms with E-state index in [4.69, 9.17) is 0 Å². The number of rotatable bonds is 3. The van der Waals surface area contributed by atoms with Gasteiger partial charge in [0, 0.05) is 11.8 Å². The van der Waals surface area contributed by atoms with Crippen molar-refractivity contribution in [3.05, 3.63) is 101 Å². The highest BCUT2D eigenvalue weighted by Crippen LogP contribution is 2.58. The molecule has 3 aromatic rings. The van der Waals surface area contributed by atoms with Gasteiger partial charge in [-0.2, -0.15) is 0 Å². The topological polar surface area (TPSA) is 34.1 Å². The van der Waals surface area contributed by atoms with Gasteiger partial charge < -0.3 is 0 Å². The Morgan fingerprint density at radius 2 is 1.18 bits per heavy atom. The van der Waals surface area contributed by atoms with Gasteiger partial charge in [-0.3, -0.25) is 0 Å². The third-order valence-electron chi connectivity index (χ3n) is 6.75. The van der Waals surface area contributed by atoms with E-state index >= 15 is 0 Å². The molecule has 0 amide bonds. The largest absolute Gasteiger partial charge is 0.224 e. The summed E-state index contributed by atoms with van der Waals surface area (Å²) in [5.41, 5.74) is 6.46. The highest BCUT2D eigenvalue weighted by atomic mass is 32.2. The van der Waals surface area contributed by atoms with Crippen LogP contribution in [-0.4, -0.2) is 14.2 Å². The van der Waals surface area contributed by atoms with Crippen LogP contribution in [0.4, 0.5) is 0 Å². The molecule has 3 aliphatic rings. The Bertz CT molecular complexity index is 1100. The molecule has 2 bridgehead atoms. The summed E-state index contributed by atoms with van der Waals surface area (Å²) in [4.78, 5) is 0.438. The summed E-state index contributed by atoms with van der Waals surface area (Å²) in [6, 6.07) is 24.5. The molecule has 0 radical (unpaired) electrons. The fraction of sp³-hybridized carbons (Fsp3) is 0.280. The van der Waals surface area contributed by atoms with E-state index in [1.54, 1.807) is 12.1 Å². The summed E-state index contributed by atoms with van der Waals surface area (Å²) in [5.74, 6) is 0.987. The van der Waals surface area contributed by atoms with E-state index in [0.29, 0.717) is 4.90 Å². The molecule has 2 unspecified atom stereocenters. The van der Waals surface area contributed by atoms with Crippen LogP contribution in [-0.2, 0) is 9.84 Å². The molecule has 6 rings (SSSR count). The van der Waals surface area contributed by atoms with Crippen LogP contribution < -0.4 is 0 Å². The first-order valence-corrected chi connectivity index (χ1v) is 11.6. The lowest BCUT2D eigenvalue weighted by molar-refractivity contribution is 0.272. The van der Waals surface area contributed by atoms with Crippen LogP contribution in [0, 0.1) is 18.8 Å². The van der Waals surface area contributed by atoms with Crippen molar-refractivity contribution in [1.29, 1.82) is 0 Å². The van der Waals surface area contributed by atoms with Crippen LogP contribution in [0.3, 0.4) is 0 Å². The number of benzene rings is 3. The predicted molar refractivity (Wildman–Crippen MR) is 112 cm³/mol. The molecule has 3 aliphatic carbocycles. The van der Waals surface area contributed by atoms with Crippen molar-refractivity contribution in [2.45, 2.75) is 30.6 Å². The Morgan fingerprint density at radius 3 is 1.68 bits per heavy atom. The van der Waals surface area contributed by atoms with Crippen LogP contribution in [0.2, 0.25) is 0 Å². The first kappa shape index (κ1) is 17.7. The number of hydrogen-bond donors (Lipinski definition) is 0. The maximum Gasteiger partial charge on any atom is 0.178 e. The molecule has 142 valence electrons. The van der Waals surface area contributed by atoms with E-state index in [1.165, 1.54) is 22.3 Å². The standard InChI is InChI=1S/C25H24O2S/c1-16-11-13-18(14-12-16)28(26,27)15-23-17(2)24-19-7-3-5-9-21(19)25(23)22-10-6-4-8-20(22)24/h3-14,17,23-25H,15H2,1-2H3. The average Bonchev–Trinajstić information content (AvgIpc) is 2.70. The van der Waals surface area contributed by atoms with E-state index in [9.17, 15) is 8.42 Å². The summed E-state index contributed by atoms with van der Waals surface area (Å²) in [6.45, 7) is 4.21. The average molecular weight is 389 g/mol. The zero-order valence-electron chi connectivity index (χ0n) is 16.2. The third kappa shape index (κ3) is 2.56. The second-order valence-electron chi connectivity index (χ2n) is 8.33. The van der Waals surface area contributed by atoms with Crippen molar-refractivity contribution in [1.82, 2.24) is 0 Å². The van der Waals surface area contributed by atoms with Crippen molar-refractivity contribution in [3.63, 3.8) is 0 Å².